The van der Waals surface area contributed by atoms with E-state index in [-0.39, 0.29) is 5.91 Å². The maximum absolute atomic E-state index is 12.4. The molecule has 1 unspecified atom stereocenters. The Hall–Kier alpha value is -3.98. The molecule has 0 saturated carbocycles. The van der Waals surface area contributed by atoms with E-state index in [1.807, 2.05) is 41.3 Å². The van der Waals surface area contributed by atoms with Crippen LogP contribution in [0.25, 0.3) is 11.1 Å². The Labute approximate surface area is 197 Å². The molecule has 0 aliphatic carbocycles. The predicted molar refractivity (Wildman–Crippen MR) is 128 cm³/mol. The quantitative estimate of drug-likeness (QED) is 0.604. The number of aliphatic hydroxyl groups excluding tert-OH is 1. The summed E-state index contributed by atoms with van der Waals surface area (Å²) in [6.07, 6.45) is 3.80. The zero-order chi connectivity index (χ0) is 23.7. The highest BCUT2D eigenvalue weighted by Crippen LogP contribution is 2.33. The molecule has 1 atom stereocenters. The minimum Gasteiger partial charge on any atom is -0.474 e. The van der Waals surface area contributed by atoms with E-state index in [4.69, 9.17) is 4.74 Å². The van der Waals surface area contributed by atoms with Gasteiger partial charge in [-0.1, -0.05) is 12.1 Å². The van der Waals surface area contributed by atoms with Crippen molar-refractivity contribution < 1.29 is 19.4 Å². The normalized spacial score (nSPS) is 16.1. The lowest BCUT2D eigenvalue weighted by Crippen LogP contribution is -2.43. The second-order valence-corrected chi connectivity index (χ2v) is 8.32. The molecule has 2 aromatic heterocycles. The van der Waals surface area contributed by atoms with Gasteiger partial charge in [0.2, 0.25) is 11.8 Å². The minimum absolute atomic E-state index is 0.173. The number of benzene rings is 1. The summed E-state index contributed by atoms with van der Waals surface area (Å²) < 4.78 is 5.55. The Morgan fingerprint density at radius 2 is 1.88 bits per heavy atom. The average molecular weight is 460 g/mol. The molecule has 5 rings (SSSR count). The Kier molecular flexibility index (Phi) is 5.85. The first kappa shape index (κ1) is 21.8. The summed E-state index contributed by atoms with van der Waals surface area (Å²) in [4.78, 5) is 36.4. The summed E-state index contributed by atoms with van der Waals surface area (Å²) >= 11 is 0. The number of fused-ring (bicyclic) bond motifs is 1. The number of hydrogen-bond acceptors (Lipinski definition) is 7. The SMILES string of the molecule is CC(O)C(=O)N1CCOc2ncc(Nc3ccc(-c4ccc(N5CCCC5=O)cc4)cn3)cc21. The summed E-state index contributed by atoms with van der Waals surface area (Å²) in [7, 11) is 0. The molecule has 4 heterocycles. The van der Waals surface area contributed by atoms with Crippen LogP contribution < -0.4 is 19.9 Å². The highest BCUT2D eigenvalue weighted by Gasteiger charge is 2.27. The van der Waals surface area contributed by atoms with Crippen LogP contribution in [0.5, 0.6) is 5.88 Å². The van der Waals surface area contributed by atoms with Gasteiger partial charge < -0.3 is 25.0 Å². The molecule has 0 spiro atoms. The number of anilines is 4. The third kappa shape index (κ3) is 4.29. The molecule has 9 heteroatoms. The second-order valence-electron chi connectivity index (χ2n) is 8.32. The standard InChI is InChI=1S/C25H25N5O4/c1-16(31)25(33)30-11-12-34-24-21(30)13-19(15-27-24)28-22-9-6-18(14-26-22)17-4-7-20(8-5-17)29-10-2-3-23(29)32/h4-9,13-16,31H,2-3,10-12H2,1H3,(H,26,28). The highest BCUT2D eigenvalue weighted by molar-refractivity contribution is 5.98. The minimum atomic E-state index is -1.11. The molecular weight excluding hydrogens is 434 g/mol. The highest BCUT2D eigenvalue weighted by atomic mass is 16.5. The fourth-order valence-electron chi connectivity index (χ4n) is 4.16. The monoisotopic (exact) mass is 459 g/mol. The van der Waals surface area contributed by atoms with Gasteiger partial charge in [0, 0.05) is 30.4 Å². The van der Waals surface area contributed by atoms with Gasteiger partial charge in [0.15, 0.2) is 0 Å². The number of carbonyl (C=O) groups excluding carboxylic acids is 2. The van der Waals surface area contributed by atoms with Crippen LogP contribution in [0.4, 0.5) is 22.9 Å². The number of aromatic nitrogens is 2. The first-order valence-corrected chi connectivity index (χ1v) is 11.3. The lowest BCUT2D eigenvalue weighted by Gasteiger charge is -2.29. The number of nitrogens with one attached hydrogen (secondary N) is 1. The van der Waals surface area contributed by atoms with Crippen LogP contribution in [-0.2, 0) is 9.59 Å². The average Bonchev–Trinajstić information content (AvgIpc) is 3.29. The molecule has 2 N–H and O–H groups in total. The molecule has 9 nitrogen and oxygen atoms in total. The predicted octanol–water partition coefficient (Wildman–Crippen LogP) is 3.12. The van der Waals surface area contributed by atoms with Crippen molar-refractivity contribution in [1.82, 2.24) is 9.97 Å². The summed E-state index contributed by atoms with van der Waals surface area (Å²) in [6, 6.07) is 13.5. The van der Waals surface area contributed by atoms with Crippen molar-refractivity contribution in [3.63, 3.8) is 0 Å². The molecule has 1 saturated heterocycles. The number of amides is 2. The number of carbonyl (C=O) groups is 2. The van der Waals surface area contributed by atoms with Crippen LogP contribution in [0.2, 0.25) is 0 Å². The van der Waals surface area contributed by atoms with Gasteiger partial charge in [0.05, 0.1) is 18.4 Å². The Bertz CT molecular complexity index is 1210. The van der Waals surface area contributed by atoms with Crippen molar-refractivity contribution >= 4 is 34.7 Å². The van der Waals surface area contributed by atoms with Crippen LogP contribution in [-0.4, -0.2) is 52.7 Å². The first-order valence-electron chi connectivity index (χ1n) is 11.3. The van der Waals surface area contributed by atoms with Gasteiger partial charge in [-0.25, -0.2) is 9.97 Å². The van der Waals surface area contributed by atoms with E-state index in [0.717, 1.165) is 29.8 Å². The van der Waals surface area contributed by atoms with E-state index in [1.165, 1.54) is 11.8 Å². The Morgan fingerprint density at radius 1 is 1.09 bits per heavy atom. The number of aliphatic hydroxyl groups is 1. The lowest BCUT2D eigenvalue weighted by atomic mass is 10.1. The van der Waals surface area contributed by atoms with Crippen LogP contribution in [0.3, 0.4) is 0 Å². The van der Waals surface area contributed by atoms with E-state index in [9.17, 15) is 14.7 Å². The molecule has 0 bridgehead atoms. The van der Waals surface area contributed by atoms with Crippen molar-refractivity contribution in [2.45, 2.75) is 25.9 Å². The third-order valence-corrected chi connectivity index (χ3v) is 5.92. The molecule has 2 aliphatic heterocycles. The van der Waals surface area contributed by atoms with Gasteiger partial charge in [-0.05, 0) is 49.2 Å². The molecular formula is C25H25N5O4. The smallest absolute Gasteiger partial charge is 0.255 e. The van der Waals surface area contributed by atoms with Crippen molar-refractivity contribution in [3.05, 3.63) is 54.9 Å². The lowest BCUT2D eigenvalue weighted by molar-refractivity contribution is -0.126. The zero-order valence-electron chi connectivity index (χ0n) is 18.8. The summed E-state index contributed by atoms with van der Waals surface area (Å²) in [5, 5.41) is 12.9. The van der Waals surface area contributed by atoms with E-state index in [0.29, 0.717) is 42.6 Å². The maximum atomic E-state index is 12.4. The molecule has 34 heavy (non-hydrogen) atoms. The van der Waals surface area contributed by atoms with Crippen LogP contribution in [0, 0.1) is 0 Å². The molecule has 2 amide bonds. The van der Waals surface area contributed by atoms with E-state index >= 15 is 0 Å². The van der Waals surface area contributed by atoms with Crippen molar-refractivity contribution in [1.29, 1.82) is 0 Å². The van der Waals surface area contributed by atoms with Gasteiger partial charge in [0.1, 0.15) is 24.2 Å². The number of hydrogen-bond donors (Lipinski definition) is 2. The molecule has 1 aromatic carbocycles. The van der Waals surface area contributed by atoms with E-state index < -0.39 is 12.0 Å². The number of rotatable bonds is 5. The van der Waals surface area contributed by atoms with Crippen LogP contribution >= 0.6 is 0 Å². The Morgan fingerprint density at radius 3 is 2.56 bits per heavy atom. The van der Waals surface area contributed by atoms with Gasteiger partial charge in [-0.15, -0.1) is 0 Å². The van der Waals surface area contributed by atoms with Crippen molar-refractivity contribution in [2.75, 3.05) is 34.8 Å². The Balaban J connectivity index is 1.31. The van der Waals surface area contributed by atoms with Crippen molar-refractivity contribution in [3.8, 4) is 17.0 Å². The molecule has 2 aliphatic rings. The fourth-order valence-corrected chi connectivity index (χ4v) is 4.16. The number of nitrogens with zero attached hydrogens (tertiary/aromatic N) is 4. The van der Waals surface area contributed by atoms with Gasteiger partial charge in [0.25, 0.3) is 5.91 Å². The second kappa shape index (κ2) is 9.11. The largest absolute Gasteiger partial charge is 0.474 e. The maximum Gasteiger partial charge on any atom is 0.255 e. The molecule has 174 valence electrons. The topological polar surface area (TPSA) is 108 Å². The number of ether oxygens (including phenoxy) is 1. The van der Waals surface area contributed by atoms with Crippen LogP contribution in [0.1, 0.15) is 19.8 Å². The van der Waals surface area contributed by atoms with Crippen LogP contribution in [0.15, 0.2) is 54.9 Å². The fraction of sp³-hybridized carbons (Fsp3) is 0.280. The zero-order valence-corrected chi connectivity index (χ0v) is 18.8. The van der Waals surface area contributed by atoms with E-state index in [2.05, 4.69) is 15.3 Å². The first-order chi connectivity index (χ1) is 16.5. The molecule has 1 fully saturated rings. The summed E-state index contributed by atoms with van der Waals surface area (Å²) in [6.45, 7) is 2.88. The summed E-state index contributed by atoms with van der Waals surface area (Å²) in [5.74, 6) is 0.751. The molecule has 3 aromatic rings. The molecule has 0 radical (unpaired) electrons. The summed E-state index contributed by atoms with van der Waals surface area (Å²) in [5.41, 5.74) is 4.04. The third-order valence-electron chi connectivity index (χ3n) is 5.92. The van der Waals surface area contributed by atoms with Gasteiger partial charge in [-0.2, -0.15) is 0 Å². The van der Waals surface area contributed by atoms with E-state index in [1.54, 1.807) is 18.5 Å². The van der Waals surface area contributed by atoms with Gasteiger partial charge in [-0.3, -0.25) is 9.59 Å². The van der Waals surface area contributed by atoms with Crippen molar-refractivity contribution in [2.24, 2.45) is 0 Å². The number of pyridine rings is 2. The van der Waals surface area contributed by atoms with Gasteiger partial charge >= 0.3 is 0 Å².